The molecule has 0 aromatic carbocycles. The van der Waals surface area contributed by atoms with Crippen LogP contribution in [0.5, 0.6) is 0 Å². The van der Waals surface area contributed by atoms with Crippen LogP contribution >= 0.6 is 38.5 Å². The van der Waals surface area contributed by atoms with E-state index in [2.05, 4.69) is 58.9 Å². The van der Waals surface area contributed by atoms with Crippen LogP contribution in [0, 0.1) is 3.57 Å². The van der Waals surface area contributed by atoms with Crippen molar-refractivity contribution in [2.45, 2.75) is 0 Å². The molecule has 2 rings (SSSR count). The van der Waals surface area contributed by atoms with Crippen molar-refractivity contribution >= 4 is 38.5 Å². The van der Waals surface area contributed by atoms with E-state index in [0.29, 0.717) is 0 Å². The first-order valence-electron chi connectivity index (χ1n) is 3.07. The zero-order chi connectivity index (χ0) is 8.81. The van der Waals surface area contributed by atoms with Crippen LogP contribution in [-0.4, -0.2) is 20.4 Å². The molecular formula is C6H6BrIN4. The Bertz CT molecular complexity index is 259. The molecule has 0 fully saturated rings. The molecule has 6 heteroatoms. The van der Waals surface area contributed by atoms with E-state index < -0.39 is 0 Å². The topological polar surface area (TPSA) is 57.4 Å². The molecular weight excluding hydrogens is 335 g/mol. The van der Waals surface area contributed by atoms with Crippen molar-refractivity contribution in [2.75, 3.05) is 0 Å². The van der Waals surface area contributed by atoms with Crippen LogP contribution < -0.4 is 0 Å². The third-order valence-electron chi connectivity index (χ3n) is 0.930. The number of nitrogens with zero attached hydrogens (tertiary/aromatic N) is 2. The van der Waals surface area contributed by atoms with Gasteiger partial charge in [0.2, 0.25) is 0 Å². The van der Waals surface area contributed by atoms with Gasteiger partial charge in [-0.2, -0.15) is 10.2 Å². The normalized spacial score (nSPS) is 8.83. The summed E-state index contributed by atoms with van der Waals surface area (Å²) in [6.07, 6.45) is 7.06. The van der Waals surface area contributed by atoms with Gasteiger partial charge >= 0.3 is 0 Å². The monoisotopic (exact) mass is 340 g/mol. The van der Waals surface area contributed by atoms with Gasteiger partial charge in [-0.3, -0.25) is 10.2 Å². The number of rotatable bonds is 0. The number of aromatic nitrogens is 4. The average Bonchev–Trinajstić information content (AvgIpc) is 2.63. The van der Waals surface area contributed by atoms with Crippen molar-refractivity contribution < 1.29 is 0 Å². The van der Waals surface area contributed by atoms with Crippen molar-refractivity contribution in [3.05, 3.63) is 32.8 Å². The Kier molecular flexibility index (Phi) is 4.30. The first-order valence-corrected chi connectivity index (χ1v) is 4.95. The van der Waals surface area contributed by atoms with E-state index in [1.165, 1.54) is 0 Å². The van der Waals surface area contributed by atoms with Gasteiger partial charge in [-0.05, 0) is 38.5 Å². The second kappa shape index (κ2) is 5.31. The first kappa shape index (κ1) is 9.72. The van der Waals surface area contributed by atoms with Crippen LogP contribution in [0.4, 0.5) is 0 Å². The SMILES string of the molecule is Brc1cn[nH]c1.Ic1cn[nH]c1. The lowest BCUT2D eigenvalue weighted by Gasteiger charge is -1.59. The van der Waals surface area contributed by atoms with E-state index in [1.807, 2.05) is 6.20 Å². The highest BCUT2D eigenvalue weighted by Crippen LogP contribution is 2.01. The maximum absolute atomic E-state index is 3.69. The number of nitrogens with one attached hydrogen (secondary N) is 2. The molecule has 64 valence electrons. The molecule has 0 saturated carbocycles. The fourth-order valence-corrected chi connectivity index (χ4v) is 0.954. The van der Waals surface area contributed by atoms with Gasteiger partial charge in [-0.1, -0.05) is 0 Å². The molecule has 0 aliphatic heterocycles. The molecule has 0 atom stereocenters. The third-order valence-corrected chi connectivity index (χ3v) is 1.95. The molecule has 0 aliphatic rings. The summed E-state index contributed by atoms with van der Waals surface area (Å²) in [5, 5.41) is 12.6. The summed E-state index contributed by atoms with van der Waals surface area (Å²) in [5.41, 5.74) is 0. The number of aromatic amines is 2. The zero-order valence-electron chi connectivity index (χ0n) is 5.96. The quantitative estimate of drug-likeness (QED) is 0.722. The fourth-order valence-electron chi connectivity index (χ4n) is 0.470. The standard InChI is InChI=1S/C3H3BrN2.C3H3IN2/c2*4-3-1-5-6-2-3/h2*1-2H,(H,5,6). The molecule has 0 saturated heterocycles. The van der Waals surface area contributed by atoms with E-state index in [0.717, 1.165) is 8.04 Å². The molecule has 0 unspecified atom stereocenters. The number of hydrogen-bond donors (Lipinski definition) is 2. The van der Waals surface area contributed by atoms with Crippen LogP contribution in [0.1, 0.15) is 0 Å². The molecule has 12 heavy (non-hydrogen) atoms. The van der Waals surface area contributed by atoms with Gasteiger partial charge in [0.1, 0.15) is 0 Å². The molecule has 2 aromatic heterocycles. The molecule has 4 nitrogen and oxygen atoms in total. The van der Waals surface area contributed by atoms with Gasteiger partial charge in [0.25, 0.3) is 0 Å². The van der Waals surface area contributed by atoms with E-state index in [9.17, 15) is 0 Å². The molecule has 2 N–H and O–H groups in total. The second-order valence-corrected chi connectivity index (χ2v) is 3.99. The molecule has 0 bridgehead atoms. The predicted molar refractivity (Wildman–Crippen MR) is 57.6 cm³/mol. The lowest BCUT2D eigenvalue weighted by molar-refractivity contribution is 1.09. The maximum Gasteiger partial charge on any atom is 0.0629 e. The van der Waals surface area contributed by atoms with Gasteiger partial charge in [0.05, 0.1) is 20.4 Å². The van der Waals surface area contributed by atoms with Gasteiger partial charge in [-0.25, -0.2) is 0 Å². The summed E-state index contributed by atoms with van der Waals surface area (Å²) in [4.78, 5) is 0. The Labute approximate surface area is 91.4 Å². The van der Waals surface area contributed by atoms with Gasteiger partial charge in [0, 0.05) is 12.4 Å². The minimum absolute atomic E-state index is 0.988. The van der Waals surface area contributed by atoms with Crippen molar-refractivity contribution in [3.8, 4) is 0 Å². The number of H-pyrrole nitrogens is 2. The highest BCUT2D eigenvalue weighted by molar-refractivity contribution is 14.1. The Balaban J connectivity index is 0.000000120. The minimum Gasteiger partial charge on any atom is -0.285 e. The first-order chi connectivity index (χ1) is 5.79. The lowest BCUT2D eigenvalue weighted by Crippen LogP contribution is -1.53. The Morgan fingerprint density at radius 3 is 2.00 bits per heavy atom. The molecule has 2 aromatic rings. The van der Waals surface area contributed by atoms with Crippen LogP contribution in [0.15, 0.2) is 29.3 Å². The third kappa shape index (κ3) is 3.86. The Hall–Kier alpha value is -0.370. The summed E-state index contributed by atoms with van der Waals surface area (Å²) >= 11 is 5.37. The van der Waals surface area contributed by atoms with Crippen molar-refractivity contribution in [1.82, 2.24) is 20.4 Å². The summed E-state index contributed by atoms with van der Waals surface area (Å²) in [6.45, 7) is 0. The lowest BCUT2D eigenvalue weighted by atomic mass is 10.8. The highest BCUT2D eigenvalue weighted by Gasteiger charge is 1.77. The Morgan fingerprint density at radius 2 is 1.83 bits per heavy atom. The van der Waals surface area contributed by atoms with Crippen molar-refractivity contribution in [3.63, 3.8) is 0 Å². The molecule has 0 radical (unpaired) electrons. The molecule has 0 amide bonds. The summed E-state index contributed by atoms with van der Waals surface area (Å²) in [6, 6.07) is 0. The number of hydrogen-bond acceptors (Lipinski definition) is 2. The van der Waals surface area contributed by atoms with Crippen LogP contribution in [-0.2, 0) is 0 Å². The van der Waals surface area contributed by atoms with Crippen LogP contribution in [0.25, 0.3) is 0 Å². The predicted octanol–water partition coefficient (Wildman–Crippen LogP) is 2.19. The molecule has 0 aliphatic carbocycles. The molecule has 0 spiro atoms. The van der Waals surface area contributed by atoms with Gasteiger partial charge < -0.3 is 0 Å². The van der Waals surface area contributed by atoms with Crippen LogP contribution in [0.3, 0.4) is 0 Å². The van der Waals surface area contributed by atoms with Crippen LogP contribution in [0.2, 0.25) is 0 Å². The van der Waals surface area contributed by atoms with Crippen molar-refractivity contribution in [1.29, 1.82) is 0 Å². The summed E-state index contributed by atoms with van der Waals surface area (Å²) in [7, 11) is 0. The average molecular weight is 341 g/mol. The summed E-state index contributed by atoms with van der Waals surface area (Å²) in [5.74, 6) is 0. The van der Waals surface area contributed by atoms with Crippen molar-refractivity contribution in [2.24, 2.45) is 0 Å². The molecule has 2 heterocycles. The van der Waals surface area contributed by atoms with E-state index in [-0.39, 0.29) is 0 Å². The highest BCUT2D eigenvalue weighted by atomic mass is 127. The van der Waals surface area contributed by atoms with E-state index in [1.54, 1.807) is 18.6 Å². The van der Waals surface area contributed by atoms with E-state index in [4.69, 9.17) is 0 Å². The van der Waals surface area contributed by atoms with Gasteiger partial charge in [-0.15, -0.1) is 0 Å². The minimum atomic E-state index is 0.988. The number of halogens is 2. The largest absolute Gasteiger partial charge is 0.285 e. The second-order valence-electron chi connectivity index (χ2n) is 1.83. The Morgan fingerprint density at radius 1 is 1.17 bits per heavy atom. The maximum atomic E-state index is 3.69. The summed E-state index contributed by atoms with van der Waals surface area (Å²) < 4.78 is 2.13. The zero-order valence-corrected chi connectivity index (χ0v) is 9.70. The van der Waals surface area contributed by atoms with Gasteiger partial charge in [0.15, 0.2) is 0 Å². The fraction of sp³-hybridized carbons (Fsp3) is 0. The van der Waals surface area contributed by atoms with E-state index >= 15 is 0 Å². The smallest absolute Gasteiger partial charge is 0.0629 e.